The van der Waals surface area contributed by atoms with E-state index in [0.717, 1.165) is 18.4 Å². The summed E-state index contributed by atoms with van der Waals surface area (Å²) in [5.74, 6) is 0.0106. The van der Waals surface area contributed by atoms with E-state index in [1.165, 1.54) is 5.57 Å². The summed E-state index contributed by atoms with van der Waals surface area (Å²) in [7, 11) is -3.74. The van der Waals surface area contributed by atoms with Crippen LogP contribution in [0.4, 0.5) is 0 Å². The van der Waals surface area contributed by atoms with Gasteiger partial charge < -0.3 is 5.11 Å². The predicted molar refractivity (Wildman–Crippen MR) is 86.0 cm³/mol. The predicted octanol–water partition coefficient (Wildman–Crippen LogP) is 3.05. The van der Waals surface area contributed by atoms with E-state index < -0.39 is 16.2 Å². The van der Waals surface area contributed by atoms with Gasteiger partial charge in [-0.3, -0.25) is 4.18 Å². The van der Waals surface area contributed by atoms with Gasteiger partial charge in [-0.1, -0.05) is 36.3 Å². The van der Waals surface area contributed by atoms with E-state index in [9.17, 15) is 13.5 Å². The zero-order valence-electron chi connectivity index (χ0n) is 13.3. The topological polar surface area (TPSA) is 63.6 Å². The van der Waals surface area contributed by atoms with Crippen LogP contribution in [-0.2, 0) is 14.3 Å². The summed E-state index contributed by atoms with van der Waals surface area (Å²) < 4.78 is 29.5. The van der Waals surface area contributed by atoms with Crippen LogP contribution < -0.4 is 0 Å². The highest BCUT2D eigenvalue weighted by Gasteiger charge is 2.28. The maximum absolute atomic E-state index is 12.2. The first kappa shape index (κ1) is 17.2. The van der Waals surface area contributed by atoms with E-state index in [4.69, 9.17) is 4.18 Å². The van der Waals surface area contributed by atoms with Crippen LogP contribution in [0.1, 0.15) is 32.3 Å². The lowest BCUT2D eigenvalue weighted by atomic mass is 9.80. The second kappa shape index (κ2) is 6.94. The first-order valence-corrected chi connectivity index (χ1v) is 9.02. The molecule has 5 heteroatoms. The van der Waals surface area contributed by atoms with Crippen molar-refractivity contribution >= 4 is 10.1 Å². The Morgan fingerprint density at radius 1 is 1.27 bits per heavy atom. The van der Waals surface area contributed by atoms with Crippen LogP contribution in [0.2, 0.25) is 0 Å². The number of hydrogen-bond donors (Lipinski definition) is 1. The summed E-state index contributed by atoms with van der Waals surface area (Å²) in [5, 5.41) is 10.1. The number of aliphatic hydroxyl groups excluding tert-OH is 1. The molecular weight excluding hydrogens is 300 g/mol. The molecule has 3 atom stereocenters. The summed E-state index contributed by atoms with van der Waals surface area (Å²) in [6.45, 7) is 5.92. The Kier molecular flexibility index (Phi) is 5.42. The maximum atomic E-state index is 12.2. The van der Waals surface area contributed by atoms with E-state index in [1.807, 2.05) is 26.8 Å². The Morgan fingerprint density at radius 3 is 2.50 bits per heavy atom. The lowest BCUT2D eigenvalue weighted by Crippen LogP contribution is -2.31. The molecule has 1 aliphatic rings. The molecule has 22 heavy (non-hydrogen) atoms. The molecule has 0 unspecified atom stereocenters. The molecule has 1 aromatic carbocycles. The number of aryl methyl sites for hydroxylation is 1. The van der Waals surface area contributed by atoms with Gasteiger partial charge in [0.1, 0.15) is 0 Å². The Hall–Kier alpha value is -1.17. The molecule has 0 saturated carbocycles. The van der Waals surface area contributed by atoms with Gasteiger partial charge in [0.15, 0.2) is 0 Å². The summed E-state index contributed by atoms with van der Waals surface area (Å²) in [6.07, 6.45) is 3.14. The van der Waals surface area contributed by atoms with Crippen LogP contribution in [0.3, 0.4) is 0 Å². The Bertz CT molecular complexity index is 631. The summed E-state index contributed by atoms with van der Waals surface area (Å²) in [4.78, 5) is 0.172. The number of benzene rings is 1. The molecular formula is C17H24O4S. The summed E-state index contributed by atoms with van der Waals surface area (Å²) >= 11 is 0. The zero-order valence-corrected chi connectivity index (χ0v) is 14.1. The Morgan fingerprint density at radius 2 is 1.91 bits per heavy atom. The third kappa shape index (κ3) is 4.18. The highest BCUT2D eigenvalue weighted by Crippen LogP contribution is 2.30. The second-order valence-corrected chi connectivity index (χ2v) is 7.85. The van der Waals surface area contributed by atoms with Crippen molar-refractivity contribution in [2.45, 2.75) is 44.6 Å². The third-order valence-corrected chi connectivity index (χ3v) is 5.59. The van der Waals surface area contributed by atoms with E-state index in [-0.39, 0.29) is 23.3 Å². The van der Waals surface area contributed by atoms with Crippen LogP contribution in [0, 0.1) is 18.8 Å². The van der Waals surface area contributed by atoms with E-state index >= 15 is 0 Å². The second-order valence-electron chi connectivity index (χ2n) is 6.24. The van der Waals surface area contributed by atoms with Crippen molar-refractivity contribution in [3.8, 4) is 0 Å². The standard InChI is InChI=1S/C17H24O4S/c1-12-4-7-15(8-5-12)22(19,20)21-11-14(3)16-9-6-13(2)10-17(16)18/h4-5,7-8,10,14,16-18H,6,9,11H2,1-3H3/t14-,16+,17+/m0/s1. The van der Waals surface area contributed by atoms with E-state index in [1.54, 1.807) is 24.3 Å². The van der Waals surface area contributed by atoms with Crippen molar-refractivity contribution in [1.82, 2.24) is 0 Å². The molecule has 0 spiro atoms. The Labute approximate surface area is 132 Å². The molecule has 0 fully saturated rings. The molecule has 1 aliphatic carbocycles. The fourth-order valence-corrected chi connectivity index (χ4v) is 3.78. The molecule has 0 heterocycles. The third-order valence-electron chi connectivity index (χ3n) is 4.29. The van der Waals surface area contributed by atoms with Crippen LogP contribution >= 0.6 is 0 Å². The average molecular weight is 324 g/mol. The van der Waals surface area contributed by atoms with Gasteiger partial charge in [-0.15, -0.1) is 0 Å². The monoisotopic (exact) mass is 324 g/mol. The van der Waals surface area contributed by atoms with Gasteiger partial charge in [-0.05, 0) is 50.7 Å². The molecule has 1 aromatic rings. The van der Waals surface area contributed by atoms with E-state index in [2.05, 4.69) is 0 Å². The molecule has 0 radical (unpaired) electrons. The van der Waals surface area contributed by atoms with Gasteiger partial charge in [-0.25, -0.2) is 0 Å². The zero-order chi connectivity index (χ0) is 16.3. The van der Waals surface area contributed by atoms with Gasteiger partial charge in [0.05, 0.1) is 17.6 Å². The first-order chi connectivity index (χ1) is 10.3. The van der Waals surface area contributed by atoms with Gasteiger partial charge in [-0.2, -0.15) is 8.42 Å². The van der Waals surface area contributed by atoms with E-state index in [0.29, 0.717) is 0 Å². The van der Waals surface area contributed by atoms with Crippen molar-refractivity contribution < 1.29 is 17.7 Å². The van der Waals surface area contributed by atoms with Gasteiger partial charge >= 0.3 is 0 Å². The van der Waals surface area contributed by atoms with Gasteiger partial charge in [0, 0.05) is 0 Å². The first-order valence-electron chi connectivity index (χ1n) is 7.61. The van der Waals surface area contributed by atoms with Crippen LogP contribution in [0.15, 0.2) is 40.8 Å². The van der Waals surface area contributed by atoms with Crippen molar-refractivity contribution in [2.24, 2.45) is 11.8 Å². The number of allylic oxidation sites excluding steroid dienone is 1. The molecule has 1 N–H and O–H groups in total. The number of hydrogen-bond acceptors (Lipinski definition) is 4. The molecule has 0 bridgehead atoms. The van der Waals surface area contributed by atoms with Crippen LogP contribution in [0.25, 0.3) is 0 Å². The number of rotatable bonds is 5. The highest BCUT2D eigenvalue weighted by molar-refractivity contribution is 7.86. The minimum atomic E-state index is -3.74. The average Bonchev–Trinajstić information content (AvgIpc) is 2.45. The highest BCUT2D eigenvalue weighted by atomic mass is 32.2. The molecule has 0 saturated heterocycles. The van der Waals surface area contributed by atoms with Crippen molar-refractivity contribution in [3.63, 3.8) is 0 Å². The fourth-order valence-electron chi connectivity index (χ4n) is 2.78. The molecule has 0 aromatic heterocycles. The minimum absolute atomic E-state index is 0.0282. The van der Waals surface area contributed by atoms with Crippen LogP contribution in [0.5, 0.6) is 0 Å². The lowest BCUT2D eigenvalue weighted by Gasteiger charge is -2.30. The normalized spacial score (nSPS) is 23.9. The smallest absolute Gasteiger partial charge is 0.296 e. The maximum Gasteiger partial charge on any atom is 0.296 e. The van der Waals surface area contributed by atoms with Gasteiger partial charge in [0.2, 0.25) is 0 Å². The summed E-state index contributed by atoms with van der Waals surface area (Å²) in [6, 6.07) is 6.60. The molecule has 2 rings (SSSR count). The lowest BCUT2D eigenvalue weighted by molar-refractivity contribution is 0.0810. The van der Waals surface area contributed by atoms with Crippen molar-refractivity contribution in [1.29, 1.82) is 0 Å². The molecule has 0 amide bonds. The number of aliphatic hydroxyl groups is 1. The largest absolute Gasteiger partial charge is 0.389 e. The quantitative estimate of drug-likeness (QED) is 0.668. The summed E-state index contributed by atoms with van der Waals surface area (Å²) in [5.41, 5.74) is 2.18. The molecule has 4 nitrogen and oxygen atoms in total. The molecule has 122 valence electrons. The van der Waals surface area contributed by atoms with Crippen molar-refractivity contribution in [3.05, 3.63) is 41.5 Å². The van der Waals surface area contributed by atoms with Gasteiger partial charge in [0.25, 0.3) is 10.1 Å². The van der Waals surface area contributed by atoms with Crippen LogP contribution in [-0.4, -0.2) is 26.2 Å². The molecule has 0 aliphatic heterocycles. The SMILES string of the molecule is CC1=C[C@@H](O)[C@@H]([C@@H](C)COS(=O)(=O)c2ccc(C)cc2)CC1. The van der Waals surface area contributed by atoms with Crippen molar-refractivity contribution in [2.75, 3.05) is 6.61 Å². The fraction of sp³-hybridized carbons (Fsp3) is 0.529. The Balaban J connectivity index is 1.98. The minimum Gasteiger partial charge on any atom is -0.389 e.